The van der Waals surface area contributed by atoms with Gasteiger partial charge in [0.05, 0.1) is 21.6 Å². The molecule has 0 N–H and O–H groups in total. The van der Waals surface area contributed by atoms with Crippen LogP contribution in [0.15, 0.2) is 47.5 Å². The van der Waals surface area contributed by atoms with Crippen LogP contribution in [0.2, 0.25) is 0 Å². The Bertz CT molecular complexity index is 1030. The Morgan fingerprint density at radius 1 is 1.28 bits per heavy atom. The van der Waals surface area contributed by atoms with E-state index >= 15 is 0 Å². The van der Waals surface area contributed by atoms with Crippen LogP contribution in [-0.2, 0) is 5.41 Å². The van der Waals surface area contributed by atoms with Gasteiger partial charge in [-0.25, -0.2) is 4.98 Å². The van der Waals surface area contributed by atoms with Gasteiger partial charge in [-0.15, -0.1) is 0 Å². The third-order valence-electron chi connectivity index (χ3n) is 3.44. The molecule has 0 saturated carbocycles. The maximum atomic E-state index is 13.0. The summed E-state index contributed by atoms with van der Waals surface area (Å²) in [6.07, 6.45) is 1.52. The van der Waals surface area contributed by atoms with Crippen molar-refractivity contribution in [3.05, 3.63) is 58.9 Å². The zero-order valence-corrected chi connectivity index (χ0v) is 19.0. The Morgan fingerprint density at radius 3 is 2.60 bits per heavy atom. The SMILES string of the molecule is CC(C)(C)c1nc2ccc(Br)cc2c(=O)n1N=Cc1cc(Br)c(I)o1. The van der Waals surface area contributed by atoms with E-state index in [0.717, 1.165) is 12.7 Å². The fraction of sp³-hybridized carbons (Fsp3) is 0.235. The second kappa shape index (κ2) is 6.96. The minimum atomic E-state index is -0.351. The van der Waals surface area contributed by atoms with E-state index in [2.05, 4.69) is 64.5 Å². The van der Waals surface area contributed by atoms with Crippen molar-refractivity contribution in [3.8, 4) is 0 Å². The van der Waals surface area contributed by atoms with E-state index in [1.54, 1.807) is 12.1 Å². The molecule has 0 saturated heterocycles. The van der Waals surface area contributed by atoms with Crippen LogP contribution in [0, 0.1) is 3.77 Å². The van der Waals surface area contributed by atoms with Crippen molar-refractivity contribution in [1.82, 2.24) is 9.66 Å². The number of benzene rings is 1. The minimum absolute atomic E-state index is 0.215. The summed E-state index contributed by atoms with van der Waals surface area (Å²) >= 11 is 8.87. The molecule has 0 bridgehead atoms. The van der Waals surface area contributed by atoms with Crippen molar-refractivity contribution in [3.63, 3.8) is 0 Å². The fourth-order valence-electron chi connectivity index (χ4n) is 2.28. The summed E-state index contributed by atoms with van der Waals surface area (Å²) in [6, 6.07) is 7.26. The number of nitrogens with zero attached hydrogens (tertiary/aromatic N) is 3. The van der Waals surface area contributed by atoms with Crippen molar-refractivity contribution < 1.29 is 4.42 Å². The topological polar surface area (TPSA) is 60.4 Å². The molecule has 0 spiro atoms. The van der Waals surface area contributed by atoms with Crippen LogP contribution in [0.3, 0.4) is 0 Å². The minimum Gasteiger partial charge on any atom is -0.448 e. The smallest absolute Gasteiger partial charge is 0.282 e. The van der Waals surface area contributed by atoms with E-state index in [0.29, 0.717) is 22.5 Å². The van der Waals surface area contributed by atoms with Gasteiger partial charge in [0.25, 0.3) is 5.56 Å². The van der Waals surface area contributed by atoms with Gasteiger partial charge in [-0.3, -0.25) is 4.79 Å². The lowest BCUT2D eigenvalue weighted by Gasteiger charge is -2.20. The summed E-state index contributed by atoms with van der Waals surface area (Å²) < 4.78 is 9.29. The van der Waals surface area contributed by atoms with Gasteiger partial charge in [0.15, 0.2) is 3.77 Å². The predicted octanol–water partition coefficient (Wildman–Crippen LogP) is 5.30. The number of halogens is 3. The van der Waals surface area contributed by atoms with Gasteiger partial charge in [-0.1, -0.05) is 36.7 Å². The van der Waals surface area contributed by atoms with Crippen LogP contribution < -0.4 is 5.56 Å². The Hall–Kier alpha value is -1.000. The summed E-state index contributed by atoms with van der Waals surface area (Å²) in [4.78, 5) is 17.7. The third-order valence-corrected chi connectivity index (χ3v) is 6.07. The molecule has 2 heterocycles. The number of furan rings is 1. The van der Waals surface area contributed by atoms with E-state index < -0.39 is 0 Å². The number of hydrogen-bond acceptors (Lipinski definition) is 4. The first-order valence-electron chi connectivity index (χ1n) is 7.39. The Labute approximate surface area is 174 Å². The Morgan fingerprint density at radius 2 is 2.00 bits per heavy atom. The van der Waals surface area contributed by atoms with Crippen LogP contribution in [0.5, 0.6) is 0 Å². The Kier molecular flexibility index (Phi) is 5.23. The molecule has 1 aromatic carbocycles. The van der Waals surface area contributed by atoms with Gasteiger partial charge in [0, 0.05) is 38.5 Å². The maximum Gasteiger partial charge on any atom is 0.282 e. The lowest BCUT2D eigenvalue weighted by Crippen LogP contribution is -2.29. The first-order valence-corrected chi connectivity index (χ1v) is 10.1. The molecule has 0 aliphatic rings. The first kappa shape index (κ1) is 18.8. The molecule has 0 amide bonds. The molecule has 0 fully saturated rings. The largest absolute Gasteiger partial charge is 0.448 e. The van der Waals surface area contributed by atoms with Crippen LogP contribution in [0.1, 0.15) is 32.4 Å². The van der Waals surface area contributed by atoms with Crippen molar-refractivity contribution in [1.29, 1.82) is 0 Å². The second-order valence-corrected chi connectivity index (χ2v) is 9.23. The second-order valence-electron chi connectivity index (χ2n) is 6.48. The summed E-state index contributed by atoms with van der Waals surface area (Å²) in [6.45, 7) is 5.99. The molecule has 130 valence electrons. The number of hydrogen-bond donors (Lipinski definition) is 0. The molecule has 0 unspecified atom stereocenters. The summed E-state index contributed by atoms with van der Waals surface area (Å²) in [5.74, 6) is 1.14. The highest BCUT2D eigenvalue weighted by molar-refractivity contribution is 14.1. The lowest BCUT2D eigenvalue weighted by molar-refractivity contribution is 0.503. The number of fused-ring (bicyclic) bond motifs is 1. The third kappa shape index (κ3) is 3.90. The van der Waals surface area contributed by atoms with Crippen LogP contribution in [-0.4, -0.2) is 15.9 Å². The Balaban J connectivity index is 2.24. The average molecular weight is 579 g/mol. The molecule has 8 heteroatoms. The van der Waals surface area contributed by atoms with E-state index in [1.807, 2.05) is 32.9 Å². The summed E-state index contributed by atoms with van der Waals surface area (Å²) in [7, 11) is 0. The lowest BCUT2D eigenvalue weighted by atomic mass is 9.95. The molecule has 5 nitrogen and oxygen atoms in total. The predicted molar refractivity (Wildman–Crippen MR) is 115 cm³/mol. The van der Waals surface area contributed by atoms with Gasteiger partial charge in [-0.05, 0) is 34.1 Å². The van der Waals surface area contributed by atoms with E-state index in [-0.39, 0.29) is 11.0 Å². The highest BCUT2D eigenvalue weighted by atomic mass is 127. The average Bonchev–Trinajstić information content (AvgIpc) is 2.84. The maximum absolute atomic E-state index is 13.0. The molecule has 0 radical (unpaired) electrons. The van der Waals surface area contributed by atoms with Crippen LogP contribution in [0.25, 0.3) is 10.9 Å². The van der Waals surface area contributed by atoms with Crippen molar-refractivity contribution in [2.75, 3.05) is 0 Å². The van der Waals surface area contributed by atoms with E-state index in [1.165, 1.54) is 10.9 Å². The highest BCUT2D eigenvalue weighted by Gasteiger charge is 2.23. The zero-order valence-electron chi connectivity index (χ0n) is 13.7. The van der Waals surface area contributed by atoms with Gasteiger partial charge >= 0.3 is 0 Å². The van der Waals surface area contributed by atoms with Gasteiger partial charge in [0.1, 0.15) is 11.6 Å². The normalized spacial score (nSPS) is 12.4. The van der Waals surface area contributed by atoms with Crippen LogP contribution >= 0.6 is 54.5 Å². The summed E-state index contributed by atoms with van der Waals surface area (Å²) in [5, 5.41) is 4.87. The van der Waals surface area contributed by atoms with Crippen molar-refractivity contribution in [2.45, 2.75) is 26.2 Å². The summed E-state index contributed by atoms with van der Waals surface area (Å²) in [5.41, 5.74) is 0.0864. The fourth-order valence-corrected chi connectivity index (χ4v) is 3.36. The van der Waals surface area contributed by atoms with Gasteiger partial charge in [0.2, 0.25) is 0 Å². The molecule has 3 aromatic rings. The first-order chi connectivity index (χ1) is 11.7. The molecule has 0 aliphatic heterocycles. The molecule has 25 heavy (non-hydrogen) atoms. The van der Waals surface area contributed by atoms with Gasteiger partial charge < -0.3 is 4.42 Å². The van der Waals surface area contributed by atoms with Crippen molar-refractivity contribution in [2.24, 2.45) is 5.10 Å². The zero-order chi connectivity index (χ0) is 18.4. The molecular weight excluding hydrogens is 565 g/mol. The number of aromatic nitrogens is 2. The van der Waals surface area contributed by atoms with Crippen LogP contribution in [0.4, 0.5) is 0 Å². The molecule has 0 aliphatic carbocycles. The molecule has 3 rings (SSSR count). The van der Waals surface area contributed by atoms with E-state index in [4.69, 9.17) is 4.42 Å². The standard InChI is InChI=1S/C17H14Br2IN3O2/c1-17(2,3)16-22-13-5-4-9(18)6-11(13)15(24)23(16)21-8-10-7-12(19)14(20)25-10/h4-8H,1-3H3. The molecule has 2 aromatic heterocycles. The van der Waals surface area contributed by atoms with Gasteiger partial charge in [-0.2, -0.15) is 9.78 Å². The quantitative estimate of drug-likeness (QED) is 0.306. The molecular formula is C17H14Br2IN3O2. The number of rotatable bonds is 2. The van der Waals surface area contributed by atoms with Crippen molar-refractivity contribution >= 4 is 71.6 Å². The molecule has 0 atom stereocenters. The van der Waals surface area contributed by atoms with E-state index in [9.17, 15) is 4.79 Å². The monoisotopic (exact) mass is 577 g/mol. The highest BCUT2D eigenvalue weighted by Crippen LogP contribution is 2.24.